The highest BCUT2D eigenvalue weighted by atomic mass is 32.2. The van der Waals surface area contributed by atoms with Crippen LogP contribution < -0.4 is 5.73 Å². The number of hydrogen-bond acceptors (Lipinski definition) is 3. The molecule has 0 spiro atoms. The van der Waals surface area contributed by atoms with Crippen LogP contribution in [-0.2, 0) is 27.8 Å². The molecule has 3 aromatic carbocycles. The summed E-state index contributed by atoms with van der Waals surface area (Å²) >= 11 is 0. The number of carbonyl (C=O) groups excluding carboxylic acids is 1. The van der Waals surface area contributed by atoms with Gasteiger partial charge in [-0.15, -0.1) is 0 Å². The smallest absolute Gasteiger partial charge is 0.244 e. The fourth-order valence-corrected chi connectivity index (χ4v) is 5.07. The van der Waals surface area contributed by atoms with Crippen LogP contribution in [0, 0.1) is 0 Å². The van der Waals surface area contributed by atoms with E-state index in [1.54, 1.807) is 18.2 Å². The number of hydrogen-bond donors (Lipinski definition) is 1. The van der Waals surface area contributed by atoms with Crippen LogP contribution in [0.2, 0.25) is 0 Å². The molecule has 1 atom stereocenters. The van der Waals surface area contributed by atoms with E-state index in [1.165, 1.54) is 4.31 Å². The summed E-state index contributed by atoms with van der Waals surface area (Å²) in [6.45, 7) is 0.138. The number of primary amides is 1. The molecule has 2 N–H and O–H groups in total. The van der Waals surface area contributed by atoms with Gasteiger partial charge in [-0.25, -0.2) is 8.42 Å². The Hall–Kier alpha value is -2.70. The minimum absolute atomic E-state index is 0.138. The van der Waals surface area contributed by atoms with Crippen molar-refractivity contribution in [1.82, 2.24) is 4.31 Å². The molecule has 5 nitrogen and oxygen atoms in total. The number of benzene rings is 3. The quantitative estimate of drug-likeness (QED) is 0.773. The Bertz CT molecular complexity index is 1110. The third-order valence-electron chi connectivity index (χ3n) is 4.86. The number of carbonyl (C=O) groups is 1. The average molecular weight is 366 g/mol. The lowest BCUT2D eigenvalue weighted by atomic mass is 9.96. The van der Waals surface area contributed by atoms with Crippen LogP contribution in [0.25, 0.3) is 10.8 Å². The number of sulfonamides is 1. The molecule has 3 aromatic rings. The Morgan fingerprint density at radius 2 is 1.58 bits per heavy atom. The van der Waals surface area contributed by atoms with Crippen LogP contribution in [0.3, 0.4) is 0 Å². The molecule has 0 radical (unpaired) electrons. The molecule has 0 aliphatic carbocycles. The second-order valence-electron chi connectivity index (χ2n) is 6.45. The predicted octanol–water partition coefficient (Wildman–Crippen LogP) is 2.44. The first-order valence-corrected chi connectivity index (χ1v) is 9.77. The summed E-state index contributed by atoms with van der Waals surface area (Å²) in [5, 5.41) is 1.79. The van der Waals surface area contributed by atoms with Gasteiger partial charge < -0.3 is 5.73 Å². The zero-order valence-corrected chi connectivity index (χ0v) is 14.8. The van der Waals surface area contributed by atoms with Crippen molar-refractivity contribution in [3.05, 3.63) is 77.9 Å². The van der Waals surface area contributed by atoms with Gasteiger partial charge in [0, 0.05) is 6.54 Å². The van der Waals surface area contributed by atoms with Crippen molar-refractivity contribution in [2.24, 2.45) is 5.73 Å². The summed E-state index contributed by atoms with van der Waals surface area (Å²) in [7, 11) is -3.86. The number of rotatable bonds is 3. The summed E-state index contributed by atoms with van der Waals surface area (Å²) in [6, 6.07) is 19.2. The van der Waals surface area contributed by atoms with Crippen molar-refractivity contribution in [3.63, 3.8) is 0 Å². The second kappa shape index (κ2) is 6.23. The maximum absolute atomic E-state index is 13.3. The van der Waals surface area contributed by atoms with Gasteiger partial charge in [-0.05, 0) is 40.5 Å². The summed E-state index contributed by atoms with van der Waals surface area (Å²) < 4.78 is 27.8. The predicted molar refractivity (Wildman–Crippen MR) is 99.8 cm³/mol. The third kappa shape index (κ3) is 2.77. The van der Waals surface area contributed by atoms with Gasteiger partial charge in [-0.2, -0.15) is 4.31 Å². The van der Waals surface area contributed by atoms with E-state index < -0.39 is 22.0 Å². The molecule has 0 saturated carbocycles. The van der Waals surface area contributed by atoms with Gasteiger partial charge in [0.05, 0.1) is 4.90 Å². The van der Waals surface area contributed by atoms with Crippen LogP contribution >= 0.6 is 0 Å². The van der Waals surface area contributed by atoms with Gasteiger partial charge in [-0.3, -0.25) is 4.79 Å². The highest BCUT2D eigenvalue weighted by Crippen LogP contribution is 2.30. The van der Waals surface area contributed by atoms with Gasteiger partial charge in [0.1, 0.15) is 6.04 Å². The largest absolute Gasteiger partial charge is 0.368 e. The van der Waals surface area contributed by atoms with Crippen LogP contribution in [0.15, 0.2) is 71.6 Å². The first kappa shape index (κ1) is 16.8. The summed E-state index contributed by atoms with van der Waals surface area (Å²) in [4.78, 5) is 12.1. The first-order chi connectivity index (χ1) is 12.5. The van der Waals surface area contributed by atoms with Crippen molar-refractivity contribution in [1.29, 1.82) is 0 Å². The van der Waals surface area contributed by atoms with E-state index in [0.717, 1.165) is 21.9 Å². The highest BCUT2D eigenvalue weighted by Gasteiger charge is 2.38. The molecular weight excluding hydrogens is 348 g/mol. The highest BCUT2D eigenvalue weighted by molar-refractivity contribution is 7.89. The van der Waals surface area contributed by atoms with Gasteiger partial charge >= 0.3 is 0 Å². The summed E-state index contributed by atoms with van der Waals surface area (Å²) in [5.41, 5.74) is 7.39. The minimum atomic E-state index is -3.86. The lowest BCUT2D eigenvalue weighted by molar-refractivity contribution is -0.122. The molecular formula is C20H18N2O3S. The maximum Gasteiger partial charge on any atom is 0.244 e. The molecule has 0 bridgehead atoms. The number of nitrogens with two attached hydrogens (primary N) is 1. The Morgan fingerprint density at radius 3 is 2.31 bits per heavy atom. The molecule has 1 aliphatic heterocycles. The Labute approximate surface area is 152 Å². The lowest BCUT2D eigenvalue weighted by Gasteiger charge is -2.34. The van der Waals surface area contributed by atoms with Gasteiger partial charge in [0.2, 0.25) is 15.9 Å². The molecule has 0 aromatic heterocycles. The van der Waals surface area contributed by atoms with Crippen LogP contribution in [0.4, 0.5) is 0 Å². The SMILES string of the molecule is NC(=O)C1Cc2ccccc2CN1S(=O)(=O)c1ccc2ccccc2c1. The zero-order valence-electron chi connectivity index (χ0n) is 14.0. The molecule has 26 heavy (non-hydrogen) atoms. The van der Waals surface area contributed by atoms with Crippen molar-refractivity contribution in [2.75, 3.05) is 0 Å². The molecule has 4 rings (SSSR count). The van der Waals surface area contributed by atoms with Gasteiger partial charge in [0.15, 0.2) is 0 Å². The molecule has 1 aliphatic rings. The fourth-order valence-electron chi connectivity index (χ4n) is 3.46. The fraction of sp³-hybridized carbons (Fsp3) is 0.150. The van der Waals surface area contributed by atoms with Crippen molar-refractivity contribution >= 4 is 26.7 Å². The van der Waals surface area contributed by atoms with Crippen LogP contribution in [-0.4, -0.2) is 24.7 Å². The average Bonchev–Trinajstić information content (AvgIpc) is 2.66. The van der Waals surface area contributed by atoms with Gasteiger partial charge in [0.25, 0.3) is 0 Å². The molecule has 6 heteroatoms. The zero-order chi connectivity index (χ0) is 18.3. The van der Waals surface area contributed by atoms with E-state index in [-0.39, 0.29) is 17.9 Å². The van der Waals surface area contributed by atoms with E-state index in [2.05, 4.69) is 0 Å². The normalized spacial score (nSPS) is 17.8. The van der Waals surface area contributed by atoms with Crippen LogP contribution in [0.1, 0.15) is 11.1 Å². The Kier molecular flexibility index (Phi) is 4.01. The third-order valence-corrected chi connectivity index (χ3v) is 6.71. The minimum Gasteiger partial charge on any atom is -0.368 e. The van der Waals surface area contributed by atoms with E-state index in [1.807, 2.05) is 48.5 Å². The molecule has 1 amide bonds. The first-order valence-electron chi connectivity index (χ1n) is 8.33. The monoisotopic (exact) mass is 366 g/mol. The van der Waals surface area contributed by atoms with E-state index in [9.17, 15) is 13.2 Å². The van der Waals surface area contributed by atoms with Crippen molar-refractivity contribution in [3.8, 4) is 0 Å². The second-order valence-corrected chi connectivity index (χ2v) is 8.34. The topological polar surface area (TPSA) is 80.5 Å². The lowest BCUT2D eigenvalue weighted by Crippen LogP contribution is -2.50. The Morgan fingerprint density at radius 1 is 0.923 bits per heavy atom. The summed E-state index contributed by atoms with van der Waals surface area (Å²) in [5.74, 6) is -0.635. The molecule has 0 saturated heterocycles. The molecule has 132 valence electrons. The maximum atomic E-state index is 13.3. The number of nitrogens with zero attached hydrogens (tertiary/aromatic N) is 1. The van der Waals surface area contributed by atoms with E-state index in [4.69, 9.17) is 5.73 Å². The molecule has 1 heterocycles. The number of fused-ring (bicyclic) bond motifs is 2. The van der Waals surface area contributed by atoms with Gasteiger partial charge in [-0.1, -0.05) is 54.6 Å². The van der Waals surface area contributed by atoms with Crippen LogP contribution in [0.5, 0.6) is 0 Å². The van der Waals surface area contributed by atoms with Crippen molar-refractivity contribution in [2.45, 2.75) is 23.9 Å². The standard InChI is InChI=1S/C20H18N2O3S/c21-20(23)19-12-16-7-3-4-8-17(16)13-22(19)26(24,25)18-10-9-14-5-1-2-6-15(14)11-18/h1-11,19H,12-13H2,(H2,21,23). The van der Waals surface area contributed by atoms with Crippen molar-refractivity contribution < 1.29 is 13.2 Å². The molecule has 1 unspecified atom stereocenters. The van der Waals surface area contributed by atoms with E-state index >= 15 is 0 Å². The Balaban J connectivity index is 1.81. The van der Waals surface area contributed by atoms with E-state index in [0.29, 0.717) is 0 Å². The summed E-state index contributed by atoms with van der Waals surface area (Å²) in [6.07, 6.45) is 0.290. The molecule has 0 fully saturated rings. The number of amides is 1.